The SMILES string of the molecule is CCCCC(=O)Nc1ccc(-c2csc(-c3ccccc3)n2)cc1. The van der Waals surface area contributed by atoms with Gasteiger partial charge in [-0.05, 0) is 18.6 Å². The number of nitrogens with one attached hydrogen (secondary N) is 1. The molecule has 0 unspecified atom stereocenters. The average molecular weight is 336 g/mol. The van der Waals surface area contributed by atoms with Crippen molar-refractivity contribution in [1.82, 2.24) is 4.98 Å². The van der Waals surface area contributed by atoms with Gasteiger partial charge in [0.15, 0.2) is 0 Å². The summed E-state index contributed by atoms with van der Waals surface area (Å²) in [6.45, 7) is 2.08. The van der Waals surface area contributed by atoms with Crippen molar-refractivity contribution in [1.29, 1.82) is 0 Å². The molecule has 0 aliphatic heterocycles. The molecule has 3 aromatic rings. The van der Waals surface area contributed by atoms with Crippen LogP contribution in [0.1, 0.15) is 26.2 Å². The van der Waals surface area contributed by atoms with Crippen LogP contribution in [0.5, 0.6) is 0 Å². The molecule has 3 nitrogen and oxygen atoms in total. The predicted octanol–water partition coefficient (Wildman–Crippen LogP) is 5.61. The second kappa shape index (κ2) is 7.88. The molecule has 0 aliphatic rings. The average Bonchev–Trinajstić information content (AvgIpc) is 3.11. The predicted molar refractivity (Wildman–Crippen MR) is 101 cm³/mol. The Morgan fingerprint density at radius 1 is 1.04 bits per heavy atom. The molecule has 0 fully saturated rings. The number of carbonyl (C=O) groups excluding carboxylic acids is 1. The van der Waals surface area contributed by atoms with Crippen LogP contribution in [-0.2, 0) is 4.79 Å². The van der Waals surface area contributed by atoms with Crippen LogP contribution in [0.2, 0.25) is 0 Å². The van der Waals surface area contributed by atoms with Crippen molar-refractivity contribution >= 4 is 22.9 Å². The molecule has 0 atom stereocenters. The van der Waals surface area contributed by atoms with Crippen LogP contribution in [0.15, 0.2) is 60.0 Å². The molecular formula is C20H20N2OS. The van der Waals surface area contributed by atoms with Crippen molar-refractivity contribution in [3.8, 4) is 21.8 Å². The molecule has 0 saturated heterocycles. The third-order valence-electron chi connectivity index (χ3n) is 3.75. The lowest BCUT2D eigenvalue weighted by atomic mass is 10.1. The molecule has 4 heteroatoms. The topological polar surface area (TPSA) is 42.0 Å². The van der Waals surface area contributed by atoms with Gasteiger partial charge in [-0.1, -0.05) is 55.8 Å². The van der Waals surface area contributed by atoms with E-state index in [1.165, 1.54) is 0 Å². The molecule has 24 heavy (non-hydrogen) atoms. The van der Waals surface area contributed by atoms with E-state index in [0.29, 0.717) is 6.42 Å². The van der Waals surface area contributed by atoms with Crippen LogP contribution in [0.4, 0.5) is 5.69 Å². The molecule has 3 rings (SSSR count). The van der Waals surface area contributed by atoms with Crippen LogP contribution in [0.25, 0.3) is 21.8 Å². The summed E-state index contributed by atoms with van der Waals surface area (Å²) >= 11 is 1.64. The number of nitrogens with zero attached hydrogens (tertiary/aromatic N) is 1. The Balaban J connectivity index is 1.70. The number of thiazole rings is 1. The fourth-order valence-electron chi connectivity index (χ4n) is 2.40. The highest BCUT2D eigenvalue weighted by Crippen LogP contribution is 2.29. The molecule has 1 amide bonds. The van der Waals surface area contributed by atoms with E-state index < -0.39 is 0 Å². The minimum Gasteiger partial charge on any atom is -0.326 e. The van der Waals surface area contributed by atoms with E-state index in [1.807, 2.05) is 42.5 Å². The molecular weight excluding hydrogens is 316 g/mol. The van der Waals surface area contributed by atoms with Crippen LogP contribution < -0.4 is 5.32 Å². The standard InChI is InChI=1S/C20H20N2OS/c1-2-3-9-19(23)21-17-12-10-15(11-13-17)18-14-24-20(22-18)16-7-5-4-6-8-16/h4-8,10-14H,2-3,9H2,1H3,(H,21,23). The lowest BCUT2D eigenvalue weighted by molar-refractivity contribution is -0.116. The van der Waals surface area contributed by atoms with Crippen LogP contribution in [0, 0.1) is 0 Å². The van der Waals surface area contributed by atoms with Gasteiger partial charge in [-0.25, -0.2) is 4.98 Å². The molecule has 122 valence electrons. The number of unbranched alkanes of at least 4 members (excludes halogenated alkanes) is 1. The second-order valence-corrected chi connectivity index (χ2v) is 6.49. The second-order valence-electron chi connectivity index (χ2n) is 5.63. The molecule has 0 saturated carbocycles. The van der Waals surface area contributed by atoms with Gasteiger partial charge < -0.3 is 5.32 Å². The molecule has 0 aliphatic carbocycles. The summed E-state index contributed by atoms with van der Waals surface area (Å²) in [6, 6.07) is 18.0. The van der Waals surface area contributed by atoms with Crippen molar-refractivity contribution in [3.05, 3.63) is 60.0 Å². The van der Waals surface area contributed by atoms with Gasteiger partial charge in [0.2, 0.25) is 5.91 Å². The number of hydrogen-bond acceptors (Lipinski definition) is 3. The van der Waals surface area contributed by atoms with Gasteiger partial charge in [0.1, 0.15) is 5.01 Å². The first kappa shape index (κ1) is 16.4. The fourth-order valence-corrected chi connectivity index (χ4v) is 3.24. The molecule has 1 N–H and O–H groups in total. The maximum atomic E-state index is 11.8. The van der Waals surface area contributed by atoms with Gasteiger partial charge in [-0.3, -0.25) is 4.79 Å². The molecule has 0 spiro atoms. The smallest absolute Gasteiger partial charge is 0.224 e. The highest BCUT2D eigenvalue weighted by atomic mass is 32.1. The first-order chi connectivity index (χ1) is 11.8. The minimum absolute atomic E-state index is 0.0737. The van der Waals surface area contributed by atoms with Crippen LogP contribution in [0.3, 0.4) is 0 Å². The number of benzene rings is 2. The van der Waals surface area contributed by atoms with Crippen molar-refractivity contribution in [2.24, 2.45) is 0 Å². The van der Waals surface area contributed by atoms with E-state index in [2.05, 4.69) is 29.8 Å². The van der Waals surface area contributed by atoms with E-state index in [1.54, 1.807) is 11.3 Å². The van der Waals surface area contributed by atoms with Crippen molar-refractivity contribution in [2.75, 3.05) is 5.32 Å². The summed E-state index contributed by atoms with van der Waals surface area (Å²) in [7, 11) is 0. The van der Waals surface area contributed by atoms with E-state index in [-0.39, 0.29) is 5.91 Å². The Hall–Kier alpha value is -2.46. The third-order valence-corrected chi connectivity index (χ3v) is 4.64. The van der Waals surface area contributed by atoms with E-state index in [9.17, 15) is 4.79 Å². The van der Waals surface area contributed by atoms with Gasteiger partial charge >= 0.3 is 0 Å². The monoisotopic (exact) mass is 336 g/mol. The normalized spacial score (nSPS) is 10.5. The summed E-state index contributed by atoms with van der Waals surface area (Å²) < 4.78 is 0. The van der Waals surface area contributed by atoms with Gasteiger partial charge in [-0.2, -0.15) is 0 Å². The first-order valence-corrected chi connectivity index (χ1v) is 9.05. The number of rotatable bonds is 6. The Bertz CT molecular complexity index is 794. The Morgan fingerprint density at radius 2 is 1.79 bits per heavy atom. The Morgan fingerprint density at radius 3 is 2.50 bits per heavy atom. The van der Waals surface area contributed by atoms with E-state index >= 15 is 0 Å². The van der Waals surface area contributed by atoms with Gasteiger partial charge in [0.25, 0.3) is 0 Å². The van der Waals surface area contributed by atoms with Crippen molar-refractivity contribution in [3.63, 3.8) is 0 Å². The summed E-state index contributed by atoms with van der Waals surface area (Å²) in [5.41, 5.74) is 3.98. The number of hydrogen-bond donors (Lipinski definition) is 1. The lowest BCUT2D eigenvalue weighted by Crippen LogP contribution is -2.10. The molecule has 1 aromatic heterocycles. The zero-order valence-corrected chi connectivity index (χ0v) is 14.5. The van der Waals surface area contributed by atoms with E-state index in [0.717, 1.165) is 40.4 Å². The highest BCUT2D eigenvalue weighted by Gasteiger charge is 2.07. The summed E-state index contributed by atoms with van der Waals surface area (Å²) in [6.07, 6.45) is 2.52. The maximum Gasteiger partial charge on any atom is 0.224 e. The zero-order valence-electron chi connectivity index (χ0n) is 13.7. The number of aromatic nitrogens is 1. The van der Waals surface area contributed by atoms with Gasteiger partial charge in [0, 0.05) is 28.6 Å². The summed E-state index contributed by atoms with van der Waals surface area (Å²) in [4.78, 5) is 16.5. The number of anilines is 1. The molecule has 0 radical (unpaired) electrons. The molecule has 2 aromatic carbocycles. The number of amides is 1. The maximum absolute atomic E-state index is 11.8. The summed E-state index contributed by atoms with van der Waals surface area (Å²) in [5, 5.41) is 6.01. The van der Waals surface area contributed by atoms with E-state index in [4.69, 9.17) is 4.98 Å². The van der Waals surface area contributed by atoms with Crippen LogP contribution in [-0.4, -0.2) is 10.9 Å². The van der Waals surface area contributed by atoms with Crippen LogP contribution >= 0.6 is 11.3 Å². The van der Waals surface area contributed by atoms with Gasteiger partial charge in [-0.15, -0.1) is 11.3 Å². The third kappa shape index (κ3) is 4.09. The minimum atomic E-state index is 0.0737. The first-order valence-electron chi connectivity index (χ1n) is 8.17. The fraction of sp³-hybridized carbons (Fsp3) is 0.200. The zero-order chi connectivity index (χ0) is 16.8. The molecule has 1 heterocycles. The Labute approximate surface area is 146 Å². The van der Waals surface area contributed by atoms with Crippen molar-refractivity contribution in [2.45, 2.75) is 26.2 Å². The number of carbonyl (C=O) groups is 1. The Kier molecular flexibility index (Phi) is 5.39. The largest absolute Gasteiger partial charge is 0.326 e. The lowest BCUT2D eigenvalue weighted by Gasteiger charge is -2.05. The molecule has 0 bridgehead atoms. The summed E-state index contributed by atoms with van der Waals surface area (Å²) in [5.74, 6) is 0.0737. The quantitative estimate of drug-likeness (QED) is 0.636. The van der Waals surface area contributed by atoms with Gasteiger partial charge in [0.05, 0.1) is 5.69 Å². The van der Waals surface area contributed by atoms with Crippen molar-refractivity contribution < 1.29 is 4.79 Å². The highest BCUT2D eigenvalue weighted by molar-refractivity contribution is 7.13.